The summed E-state index contributed by atoms with van der Waals surface area (Å²) in [6.07, 6.45) is 0. The van der Waals surface area contributed by atoms with Crippen LogP contribution in [-0.2, 0) is 9.53 Å². The van der Waals surface area contributed by atoms with Gasteiger partial charge in [0.25, 0.3) is 0 Å². The first-order valence-electron chi connectivity index (χ1n) is 4.71. The molecule has 1 atom stereocenters. The minimum absolute atomic E-state index is 0.109. The molecule has 4 heteroatoms. The van der Waals surface area contributed by atoms with Gasteiger partial charge in [0.1, 0.15) is 11.7 Å². The molecule has 0 saturated carbocycles. The maximum atomic E-state index is 12.6. The molecule has 0 aliphatic rings. The third-order valence-corrected chi connectivity index (χ3v) is 2.06. The third kappa shape index (κ3) is 3.32. The second kappa shape index (κ2) is 5.46. The summed E-state index contributed by atoms with van der Waals surface area (Å²) >= 11 is 0. The molecule has 0 amide bonds. The summed E-state index contributed by atoms with van der Waals surface area (Å²) in [4.78, 5) is 10.9. The van der Waals surface area contributed by atoms with Gasteiger partial charge in [0.2, 0.25) is 0 Å². The largest absolute Gasteiger partial charge is 0.481 e. The molecule has 1 aromatic carbocycles. The first-order chi connectivity index (χ1) is 7.15. The maximum Gasteiger partial charge on any atom is 0.313 e. The Kier molecular flexibility index (Phi) is 4.24. The van der Waals surface area contributed by atoms with E-state index < -0.39 is 11.9 Å². The van der Waals surface area contributed by atoms with Crippen molar-refractivity contribution in [3.63, 3.8) is 0 Å². The van der Waals surface area contributed by atoms with Crippen LogP contribution in [-0.4, -0.2) is 24.3 Å². The van der Waals surface area contributed by atoms with Crippen molar-refractivity contribution in [1.82, 2.24) is 0 Å². The molecule has 0 aromatic heterocycles. The predicted molar refractivity (Wildman–Crippen MR) is 53.3 cm³/mol. The van der Waals surface area contributed by atoms with E-state index >= 15 is 0 Å². The normalized spacial score (nSPS) is 12.4. The molecule has 1 rings (SSSR count). The molecule has 0 spiro atoms. The lowest BCUT2D eigenvalue weighted by atomic mass is 10.0. The summed E-state index contributed by atoms with van der Waals surface area (Å²) in [6.45, 7) is 2.37. The predicted octanol–water partition coefficient (Wildman–Crippen LogP) is 2.03. The van der Waals surface area contributed by atoms with Gasteiger partial charge in [-0.1, -0.05) is 12.1 Å². The topological polar surface area (TPSA) is 46.5 Å². The maximum absolute atomic E-state index is 12.6. The van der Waals surface area contributed by atoms with E-state index in [1.165, 1.54) is 24.3 Å². The highest BCUT2D eigenvalue weighted by molar-refractivity contribution is 5.76. The van der Waals surface area contributed by atoms with Gasteiger partial charge in [0.05, 0.1) is 6.61 Å². The molecule has 0 heterocycles. The summed E-state index contributed by atoms with van der Waals surface area (Å²) in [5.74, 6) is -2.07. The van der Waals surface area contributed by atoms with Crippen LogP contribution in [0.5, 0.6) is 0 Å². The first kappa shape index (κ1) is 11.7. The average Bonchev–Trinajstić information content (AvgIpc) is 2.21. The molecule has 1 N–H and O–H groups in total. The lowest BCUT2D eigenvalue weighted by Crippen LogP contribution is -2.17. The summed E-state index contributed by atoms with van der Waals surface area (Å²) < 4.78 is 17.7. The Hall–Kier alpha value is -1.42. The van der Waals surface area contributed by atoms with E-state index in [0.717, 1.165) is 0 Å². The van der Waals surface area contributed by atoms with Crippen molar-refractivity contribution >= 4 is 5.97 Å². The average molecular weight is 212 g/mol. The van der Waals surface area contributed by atoms with Gasteiger partial charge in [-0.05, 0) is 24.6 Å². The Labute approximate surface area is 87.5 Å². The molecule has 0 bridgehead atoms. The van der Waals surface area contributed by atoms with E-state index in [2.05, 4.69) is 0 Å². The highest BCUT2D eigenvalue weighted by atomic mass is 19.1. The van der Waals surface area contributed by atoms with Gasteiger partial charge in [-0.2, -0.15) is 0 Å². The molecule has 0 aliphatic heterocycles. The fourth-order valence-electron chi connectivity index (χ4n) is 1.24. The fraction of sp³-hybridized carbons (Fsp3) is 0.364. The molecule has 1 unspecified atom stereocenters. The molecule has 15 heavy (non-hydrogen) atoms. The van der Waals surface area contributed by atoms with Crippen molar-refractivity contribution in [1.29, 1.82) is 0 Å². The van der Waals surface area contributed by atoms with Gasteiger partial charge in [0.15, 0.2) is 0 Å². The number of aliphatic carboxylic acids is 1. The number of hydrogen-bond acceptors (Lipinski definition) is 2. The standard InChI is InChI=1S/C11H13FO3/c1-2-15-7-10(11(13)14)8-3-5-9(12)6-4-8/h3-6,10H,2,7H2,1H3,(H,13,14). The van der Waals surface area contributed by atoms with Gasteiger partial charge in [0, 0.05) is 6.61 Å². The van der Waals surface area contributed by atoms with Gasteiger partial charge in [-0.3, -0.25) is 4.79 Å². The highest BCUT2D eigenvalue weighted by Crippen LogP contribution is 2.17. The third-order valence-electron chi connectivity index (χ3n) is 2.06. The Bertz CT molecular complexity index is 321. The Morgan fingerprint density at radius 1 is 1.47 bits per heavy atom. The van der Waals surface area contributed by atoms with Gasteiger partial charge in [-0.15, -0.1) is 0 Å². The highest BCUT2D eigenvalue weighted by Gasteiger charge is 2.19. The molecule has 0 saturated heterocycles. The second-order valence-electron chi connectivity index (χ2n) is 3.10. The van der Waals surface area contributed by atoms with Crippen molar-refractivity contribution in [3.05, 3.63) is 35.6 Å². The minimum Gasteiger partial charge on any atom is -0.481 e. The van der Waals surface area contributed by atoms with E-state index in [1.807, 2.05) is 0 Å². The van der Waals surface area contributed by atoms with Crippen molar-refractivity contribution < 1.29 is 19.0 Å². The number of hydrogen-bond donors (Lipinski definition) is 1. The summed E-state index contributed by atoms with van der Waals surface area (Å²) in [5.41, 5.74) is 0.553. The van der Waals surface area contributed by atoms with E-state index in [1.54, 1.807) is 6.92 Å². The lowest BCUT2D eigenvalue weighted by molar-refractivity contribution is -0.140. The Morgan fingerprint density at radius 3 is 2.53 bits per heavy atom. The zero-order valence-corrected chi connectivity index (χ0v) is 8.44. The van der Waals surface area contributed by atoms with Crippen LogP contribution in [0.25, 0.3) is 0 Å². The van der Waals surface area contributed by atoms with Crippen molar-refractivity contribution in [2.24, 2.45) is 0 Å². The quantitative estimate of drug-likeness (QED) is 0.812. The zero-order valence-electron chi connectivity index (χ0n) is 8.44. The lowest BCUT2D eigenvalue weighted by Gasteiger charge is -2.12. The van der Waals surface area contributed by atoms with Crippen LogP contribution in [0.15, 0.2) is 24.3 Å². The summed E-state index contributed by atoms with van der Waals surface area (Å²) in [5, 5.41) is 8.95. The smallest absolute Gasteiger partial charge is 0.313 e. The van der Waals surface area contributed by atoms with Crippen LogP contribution < -0.4 is 0 Å². The molecular weight excluding hydrogens is 199 g/mol. The molecular formula is C11H13FO3. The van der Waals surface area contributed by atoms with Crippen molar-refractivity contribution in [2.75, 3.05) is 13.2 Å². The van der Waals surface area contributed by atoms with Crippen LogP contribution in [0.3, 0.4) is 0 Å². The van der Waals surface area contributed by atoms with E-state index in [4.69, 9.17) is 9.84 Å². The number of carboxylic acids is 1. The number of halogens is 1. The number of ether oxygens (including phenoxy) is 1. The van der Waals surface area contributed by atoms with Crippen molar-refractivity contribution in [2.45, 2.75) is 12.8 Å². The molecule has 3 nitrogen and oxygen atoms in total. The van der Waals surface area contributed by atoms with Crippen LogP contribution in [0.1, 0.15) is 18.4 Å². The number of carboxylic acid groups (broad SMARTS) is 1. The number of rotatable bonds is 5. The Balaban J connectivity index is 2.79. The van der Waals surface area contributed by atoms with E-state index in [0.29, 0.717) is 12.2 Å². The molecule has 82 valence electrons. The zero-order chi connectivity index (χ0) is 11.3. The van der Waals surface area contributed by atoms with Gasteiger partial charge in [-0.25, -0.2) is 4.39 Å². The van der Waals surface area contributed by atoms with Crippen LogP contribution in [0.4, 0.5) is 4.39 Å². The van der Waals surface area contributed by atoms with Crippen molar-refractivity contribution in [3.8, 4) is 0 Å². The molecule has 0 fully saturated rings. The SMILES string of the molecule is CCOCC(C(=O)O)c1ccc(F)cc1. The second-order valence-corrected chi connectivity index (χ2v) is 3.10. The number of carbonyl (C=O) groups is 1. The molecule has 0 aliphatic carbocycles. The minimum atomic E-state index is -0.963. The van der Waals surface area contributed by atoms with Crippen LogP contribution in [0, 0.1) is 5.82 Å². The molecule has 0 radical (unpaired) electrons. The first-order valence-corrected chi connectivity index (χ1v) is 4.71. The Morgan fingerprint density at radius 2 is 2.07 bits per heavy atom. The monoisotopic (exact) mass is 212 g/mol. The van der Waals surface area contributed by atoms with Gasteiger partial charge < -0.3 is 9.84 Å². The van der Waals surface area contributed by atoms with Crippen LogP contribution >= 0.6 is 0 Å². The number of benzene rings is 1. The van der Waals surface area contributed by atoms with Crippen LogP contribution in [0.2, 0.25) is 0 Å². The summed E-state index contributed by atoms with van der Waals surface area (Å²) in [7, 11) is 0. The molecule has 1 aromatic rings. The van der Waals surface area contributed by atoms with E-state index in [9.17, 15) is 9.18 Å². The van der Waals surface area contributed by atoms with E-state index in [-0.39, 0.29) is 12.4 Å². The fourth-order valence-corrected chi connectivity index (χ4v) is 1.24. The van der Waals surface area contributed by atoms with Gasteiger partial charge >= 0.3 is 5.97 Å². The summed E-state index contributed by atoms with van der Waals surface area (Å²) in [6, 6.07) is 5.43.